The van der Waals surface area contributed by atoms with Gasteiger partial charge in [0.15, 0.2) is 6.10 Å². The topological polar surface area (TPSA) is 49.8 Å². The molecule has 0 spiro atoms. The lowest BCUT2D eigenvalue weighted by molar-refractivity contribution is -0.158. The normalized spacial score (nSPS) is 22.4. The van der Waals surface area contributed by atoms with E-state index >= 15 is 0 Å². The Morgan fingerprint density at radius 3 is 2.76 bits per heavy atom. The maximum absolute atomic E-state index is 11.7. The second-order valence-electron chi connectivity index (χ2n) is 4.42. The van der Waals surface area contributed by atoms with E-state index in [0.29, 0.717) is 5.56 Å². The van der Waals surface area contributed by atoms with E-state index in [1.54, 1.807) is 24.3 Å². The van der Waals surface area contributed by atoms with Crippen LogP contribution in [0.15, 0.2) is 30.3 Å². The Bertz CT molecular complexity index is 380. The van der Waals surface area contributed by atoms with Crippen molar-refractivity contribution in [2.75, 3.05) is 20.1 Å². The summed E-state index contributed by atoms with van der Waals surface area (Å²) in [6.07, 6.45) is -0.433. The molecule has 17 heavy (non-hydrogen) atoms. The van der Waals surface area contributed by atoms with Crippen LogP contribution >= 0.6 is 0 Å². The third-order valence-corrected chi connectivity index (χ3v) is 2.97. The summed E-state index contributed by atoms with van der Waals surface area (Å²) in [6.45, 7) is 1.67. The molecule has 1 aliphatic rings. The van der Waals surface area contributed by atoms with Crippen LogP contribution in [0.3, 0.4) is 0 Å². The predicted molar refractivity (Wildman–Crippen MR) is 63.4 cm³/mol. The van der Waals surface area contributed by atoms with E-state index in [1.807, 2.05) is 13.1 Å². The number of hydrogen-bond donors (Lipinski definition) is 1. The van der Waals surface area contributed by atoms with Crippen molar-refractivity contribution in [1.29, 1.82) is 0 Å². The average Bonchev–Trinajstić information content (AvgIpc) is 2.75. The lowest BCUT2D eigenvalue weighted by Crippen LogP contribution is -2.25. The van der Waals surface area contributed by atoms with Gasteiger partial charge >= 0.3 is 5.97 Å². The largest absolute Gasteiger partial charge is 0.459 e. The number of aliphatic hydroxyl groups excluding tert-OH is 1. The Labute approximate surface area is 101 Å². The highest BCUT2D eigenvalue weighted by molar-refractivity contribution is 5.76. The Balaban J connectivity index is 1.92. The second-order valence-corrected chi connectivity index (χ2v) is 4.42. The fraction of sp³-hybridized carbons (Fsp3) is 0.462. The molecule has 2 atom stereocenters. The molecule has 1 aliphatic heterocycles. The van der Waals surface area contributed by atoms with E-state index in [1.165, 1.54) is 0 Å². The number of esters is 1. The van der Waals surface area contributed by atoms with Crippen molar-refractivity contribution in [2.45, 2.75) is 18.6 Å². The van der Waals surface area contributed by atoms with E-state index in [9.17, 15) is 9.90 Å². The zero-order valence-corrected chi connectivity index (χ0v) is 9.87. The lowest BCUT2D eigenvalue weighted by Gasteiger charge is -2.15. The summed E-state index contributed by atoms with van der Waals surface area (Å²) in [5, 5.41) is 9.83. The fourth-order valence-corrected chi connectivity index (χ4v) is 1.99. The van der Waals surface area contributed by atoms with E-state index < -0.39 is 12.1 Å². The molecule has 0 bridgehead atoms. The highest BCUT2D eigenvalue weighted by Crippen LogP contribution is 2.17. The smallest absolute Gasteiger partial charge is 0.339 e. The van der Waals surface area contributed by atoms with Crippen LogP contribution in [0.5, 0.6) is 0 Å². The van der Waals surface area contributed by atoms with Crippen LogP contribution in [0.4, 0.5) is 0 Å². The van der Waals surface area contributed by atoms with Gasteiger partial charge < -0.3 is 14.7 Å². The molecule has 1 aromatic carbocycles. The van der Waals surface area contributed by atoms with Gasteiger partial charge in [0.05, 0.1) is 0 Å². The molecular formula is C13H17NO3. The lowest BCUT2D eigenvalue weighted by atomic mass is 10.1. The van der Waals surface area contributed by atoms with Crippen LogP contribution < -0.4 is 0 Å². The monoisotopic (exact) mass is 235 g/mol. The number of carbonyl (C=O) groups excluding carboxylic acids is 1. The number of nitrogens with zero attached hydrogens (tertiary/aromatic N) is 1. The summed E-state index contributed by atoms with van der Waals surface area (Å²) >= 11 is 0. The Morgan fingerprint density at radius 2 is 2.18 bits per heavy atom. The van der Waals surface area contributed by atoms with Gasteiger partial charge in [0, 0.05) is 13.1 Å². The van der Waals surface area contributed by atoms with Crippen molar-refractivity contribution >= 4 is 5.97 Å². The Morgan fingerprint density at radius 1 is 1.47 bits per heavy atom. The summed E-state index contributed by atoms with van der Waals surface area (Å²) in [4.78, 5) is 13.8. The molecule has 1 saturated heterocycles. The van der Waals surface area contributed by atoms with Gasteiger partial charge in [-0.25, -0.2) is 4.79 Å². The number of rotatable bonds is 3. The average molecular weight is 235 g/mol. The highest BCUT2D eigenvalue weighted by atomic mass is 16.6. The molecule has 1 N–H and O–H groups in total. The summed E-state index contributed by atoms with van der Waals surface area (Å²) in [6, 6.07) is 8.84. The molecule has 0 aromatic heterocycles. The molecule has 2 rings (SSSR count). The maximum atomic E-state index is 11.7. The molecule has 0 saturated carbocycles. The molecule has 0 aliphatic carbocycles. The number of ether oxygens (including phenoxy) is 1. The van der Waals surface area contributed by atoms with Crippen LogP contribution in [0, 0.1) is 0 Å². The van der Waals surface area contributed by atoms with E-state index in [2.05, 4.69) is 4.90 Å². The first-order valence-corrected chi connectivity index (χ1v) is 5.79. The first-order valence-electron chi connectivity index (χ1n) is 5.79. The first-order chi connectivity index (χ1) is 8.16. The van der Waals surface area contributed by atoms with Crippen molar-refractivity contribution in [3.05, 3.63) is 35.9 Å². The van der Waals surface area contributed by atoms with Crippen molar-refractivity contribution in [2.24, 2.45) is 0 Å². The van der Waals surface area contributed by atoms with Crippen molar-refractivity contribution in [3.63, 3.8) is 0 Å². The van der Waals surface area contributed by atoms with Gasteiger partial charge in [-0.3, -0.25) is 0 Å². The molecule has 0 radical (unpaired) electrons. The maximum Gasteiger partial charge on any atom is 0.339 e. The number of likely N-dealkylation sites (tertiary alicyclic amines) is 1. The molecule has 92 valence electrons. The Hall–Kier alpha value is -1.39. The summed E-state index contributed by atoms with van der Waals surface area (Å²) in [5.74, 6) is -0.559. The summed E-state index contributed by atoms with van der Waals surface area (Å²) in [5.41, 5.74) is 0.573. The van der Waals surface area contributed by atoms with E-state index in [0.717, 1.165) is 19.5 Å². The Kier molecular flexibility index (Phi) is 3.76. The zero-order chi connectivity index (χ0) is 12.3. The fourth-order valence-electron chi connectivity index (χ4n) is 1.99. The molecule has 4 heteroatoms. The number of benzene rings is 1. The van der Waals surface area contributed by atoms with E-state index in [4.69, 9.17) is 4.74 Å². The molecule has 1 heterocycles. The minimum Gasteiger partial charge on any atom is -0.459 e. The molecule has 0 unspecified atom stereocenters. The minimum atomic E-state index is -1.18. The number of carbonyl (C=O) groups is 1. The third kappa shape index (κ3) is 3.05. The van der Waals surface area contributed by atoms with Crippen LogP contribution in [0.25, 0.3) is 0 Å². The van der Waals surface area contributed by atoms with E-state index in [-0.39, 0.29) is 6.10 Å². The zero-order valence-electron chi connectivity index (χ0n) is 9.87. The van der Waals surface area contributed by atoms with Crippen molar-refractivity contribution in [3.8, 4) is 0 Å². The molecule has 4 nitrogen and oxygen atoms in total. The molecular weight excluding hydrogens is 218 g/mol. The van der Waals surface area contributed by atoms with Crippen LogP contribution in [-0.4, -0.2) is 42.2 Å². The van der Waals surface area contributed by atoms with Gasteiger partial charge in [-0.05, 0) is 19.0 Å². The van der Waals surface area contributed by atoms with Gasteiger partial charge in [-0.15, -0.1) is 0 Å². The van der Waals surface area contributed by atoms with Crippen molar-refractivity contribution < 1.29 is 14.6 Å². The van der Waals surface area contributed by atoms with Crippen molar-refractivity contribution in [1.82, 2.24) is 4.90 Å². The first kappa shape index (κ1) is 12.1. The second kappa shape index (κ2) is 5.29. The standard InChI is InChI=1S/C13H17NO3/c1-14-8-7-11(9-14)17-13(16)12(15)10-5-3-2-4-6-10/h2-6,11-12,15H,7-9H2,1H3/t11-,12+/m1/s1. The number of aliphatic hydroxyl groups is 1. The SMILES string of the molecule is CN1CC[C@@H](OC(=O)[C@@H](O)c2ccccc2)C1. The van der Waals surface area contributed by atoms with Gasteiger partial charge in [0.25, 0.3) is 0 Å². The molecule has 0 amide bonds. The minimum absolute atomic E-state index is 0.0918. The van der Waals surface area contributed by atoms with Gasteiger partial charge in [-0.1, -0.05) is 30.3 Å². The summed E-state index contributed by atoms with van der Waals surface area (Å²) < 4.78 is 5.27. The highest BCUT2D eigenvalue weighted by Gasteiger charge is 2.26. The van der Waals surface area contributed by atoms with Gasteiger partial charge in [0.2, 0.25) is 0 Å². The summed E-state index contributed by atoms with van der Waals surface area (Å²) in [7, 11) is 1.99. The molecule has 1 aromatic rings. The predicted octanol–water partition coefficient (Wildman–Crippen LogP) is 0.967. The van der Waals surface area contributed by atoms with Crippen LogP contribution in [0.1, 0.15) is 18.1 Å². The number of hydrogen-bond acceptors (Lipinski definition) is 4. The number of likely N-dealkylation sites (N-methyl/N-ethyl adjacent to an activating group) is 1. The van der Waals surface area contributed by atoms with Crippen LogP contribution in [0.2, 0.25) is 0 Å². The quantitative estimate of drug-likeness (QED) is 0.793. The van der Waals surface area contributed by atoms with Crippen LogP contribution in [-0.2, 0) is 9.53 Å². The van der Waals surface area contributed by atoms with Gasteiger partial charge in [0.1, 0.15) is 6.10 Å². The van der Waals surface area contributed by atoms with Gasteiger partial charge in [-0.2, -0.15) is 0 Å². The molecule has 1 fully saturated rings. The third-order valence-electron chi connectivity index (χ3n) is 2.97.